The summed E-state index contributed by atoms with van der Waals surface area (Å²) in [6, 6.07) is 12.3. The molecule has 0 unspecified atom stereocenters. The molecule has 2 aliphatic rings. The zero-order valence-electron chi connectivity index (χ0n) is 15.8. The highest BCUT2D eigenvalue weighted by Crippen LogP contribution is 2.39. The van der Waals surface area contributed by atoms with Gasteiger partial charge in [-0.25, -0.2) is 0 Å². The summed E-state index contributed by atoms with van der Waals surface area (Å²) in [7, 11) is 0. The average Bonchev–Trinajstić information content (AvgIpc) is 3.04. The molecule has 2 saturated heterocycles. The van der Waals surface area contributed by atoms with Crippen molar-refractivity contribution >= 4 is 11.8 Å². The summed E-state index contributed by atoms with van der Waals surface area (Å²) in [6.07, 6.45) is 1.21. The molecule has 138 valence electrons. The van der Waals surface area contributed by atoms with Gasteiger partial charge in [-0.2, -0.15) is 5.26 Å². The Balaban J connectivity index is 1.74. The van der Waals surface area contributed by atoms with E-state index >= 15 is 0 Å². The highest BCUT2D eigenvalue weighted by atomic mass is 16.2. The molecule has 3 rings (SSSR count). The molecule has 0 spiro atoms. The Morgan fingerprint density at radius 1 is 1.23 bits per heavy atom. The van der Waals surface area contributed by atoms with E-state index in [4.69, 9.17) is 0 Å². The highest BCUT2D eigenvalue weighted by Gasteiger charge is 2.48. The number of nitriles is 1. The molecular formula is C21H27N3O2. The lowest BCUT2D eigenvalue weighted by Gasteiger charge is -2.39. The molecule has 0 aliphatic carbocycles. The molecule has 5 heteroatoms. The Labute approximate surface area is 155 Å². The number of likely N-dealkylation sites (tertiary alicyclic amines) is 1. The molecule has 2 aliphatic heterocycles. The van der Waals surface area contributed by atoms with Gasteiger partial charge < -0.3 is 10.2 Å². The van der Waals surface area contributed by atoms with Crippen molar-refractivity contribution in [2.24, 2.45) is 17.3 Å². The van der Waals surface area contributed by atoms with Crippen molar-refractivity contribution in [3.8, 4) is 6.07 Å². The van der Waals surface area contributed by atoms with Gasteiger partial charge in [-0.15, -0.1) is 0 Å². The molecular weight excluding hydrogens is 326 g/mol. The Hall–Kier alpha value is -2.35. The van der Waals surface area contributed by atoms with Gasteiger partial charge in [-0.1, -0.05) is 51.1 Å². The normalized spacial score (nSPS) is 25.5. The maximum Gasteiger partial charge on any atom is 0.235 e. The zero-order valence-corrected chi connectivity index (χ0v) is 15.8. The van der Waals surface area contributed by atoms with Gasteiger partial charge >= 0.3 is 0 Å². The number of nitrogens with one attached hydrogen (secondary N) is 1. The summed E-state index contributed by atoms with van der Waals surface area (Å²) in [5.74, 6) is -0.852. The number of carbonyl (C=O) groups excluding carboxylic acids is 2. The summed E-state index contributed by atoms with van der Waals surface area (Å²) in [5, 5.41) is 12.7. The number of piperidine rings is 1. The summed E-state index contributed by atoms with van der Waals surface area (Å²) in [5.41, 5.74) is 0.357. The first kappa shape index (κ1) is 18.4. The van der Waals surface area contributed by atoms with Gasteiger partial charge in [0.1, 0.15) is 5.92 Å². The van der Waals surface area contributed by atoms with Crippen molar-refractivity contribution in [1.82, 2.24) is 10.2 Å². The van der Waals surface area contributed by atoms with Crippen LogP contribution in [0.25, 0.3) is 0 Å². The van der Waals surface area contributed by atoms with Crippen LogP contribution >= 0.6 is 0 Å². The van der Waals surface area contributed by atoms with Crippen LogP contribution in [-0.4, -0.2) is 36.3 Å². The van der Waals surface area contributed by atoms with Crippen molar-refractivity contribution < 1.29 is 9.59 Å². The second-order valence-electron chi connectivity index (χ2n) is 8.58. The number of hydrogen-bond donors (Lipinski definition) is 1. The topological polar surface area (TPSA) is 73.2 Å². The molecule has 2 heterocycles. The summed E-state index contributed by atoms with van der Waals surface area (Å²) in [4.78, 5) is 27.2. The van der Waals surface area contributed by atoms with E-state index in [1.54, 1.807) is 4.90 Å². The zero-order chi connectivity index (χ0) is 18.9. The molecule has 26 heavy (non-hydrogen) atoms. The van der Waals surface area contributed by atoms with Crippen molar-refractivity contribution in [2.75, 3.05) is 19.6 Å². The third kappa shape index (κ3) is 3.21. The lowest BCUT2D eigenvalue weighted by Crippen LogP contribution is -2.49. The van der Waals surface area contributed by atoms with Crippen LogP contribution in [-0.2, 0) is 15.0 Å². The van der Waals surface area contributed by atoms with Crippen LogP contribution in [0.4, 0.5) is 0 Å². The minimum Gasteiger partial charge on any atom is -0.355 e. The number of nitrogens with zero attached hydrogens (tertiary/aromatic N) is 2. The van der Waals surface area contributed by atoms with Gasteiger partial charge in [0.2, 0.25) is 11.8 Å². The van der Waals surface area contributed by atoms with Crippen LogP contribution in [0, 0.1) is 28.6 Å². The monoisotopic (exact) mass is 353 g/mol. The fraction of sp³-hybridized carbons (Fsp3) is 0.571. The van der Waals surface area contributed by atoms with Gasteiger partial charge in [-0.3, -0.25) is 9.59 Å². The lowest BCUT2D eigenvalue weighted by molar-refractivity contribution is -0.144. The standard InChI is InChI=1S/C21H27N3O2/c1-20(2,3)16-13-23-18(25)17(16)19(26)24-11-9-21(14-22,10-12-24)15-7-5-4-6-8-15/h4-8,16-17H,9-13H2,1-3H3,(H,23,25)/t16-,17-/m0/s1. The predicted octanol–water partition coefficient (Wildman–Crippen LogP) is 2.48. The first-order valence-electron chi connectivity index (χ1n) is 9.32. The quantitative estimate of drug-likeness (QED) is 0.830. The number of benzene rings is 1. The number of carbonyl (C=O) groups is 2. The van der Waals surface area contributed by atoms with E-state index in [0.717, 1.165) is 5.56 Å². The van der Waals surface area contributed by atoms with E-state index in [1.165, 1.54) is 0 Å². The van der Waals surface area contributed by atoms with Crippen molar-refractivity contribution in [1.29, 1.82) is 5.26 Å². The first-order valence-corrected chi connectivity index (χ1v) is 9.32. The van der Waals surface area contributed by atoms with Gasteiger partial charge in [0.25, 0.3) is 0 Å². The van der Waals surface area contributed by atoms with Crippen LogP contribution in [0.5, 0.6) is 0 Å². The fourth-order valence-corrected chi connectivity index (χ4v) is 4.24. The van der Waals surface area contributed by atoms with Gasteiger partial charge in [0, 0.05) is 25.6 Å². The summed E-state index contributed by atoms with van der Waals surface area (Å²) < 4.78 is 0. The Morgan fingerprint density at radius 2 is 1.85 bits per heavy atom. The van der Waals surface area contributed by atoms with E-state index in [2.05, 4.69) is 32.2 Å². The highest BCUT2D eigenvalue weighted by molar-refractivity contribution is 6.02. The first-order chi connectivity index (χ1) is 12.3. The van der Waals surface area contributed by atoms with Crippen molar-refractivity contribution in [2.45, 2.75) is 39.0 Å². The van der Waals surface area contributed by atoms with E-state index in [9.17, 15) is 14.9 Å². The number of hydrogen-bond acceptors (Lipinski definition) is 3. The molecule has 0 radical (unpaired) electrons. The van der Waals surface area contributed by atoms with Crippen molar-refractivity contribution in [3.63, 3.8) is 0 Å². The molecule has 0 saturated carbocycles. The predicted molar refractivity (Wildman–Crippen MR) is 99.0 cm³/mol. The summed E-state index contributed by atoms with van der Waals surface area (Å²) in [6.45, 7) is 7.81. The molecule has 1 aromatic carbocycles. The average molecular weight is 353 g/mol. The Morgan fingerprint density at radius 3 is 2.38 bits per heavy atom. The SMILES string of the molecule is CC(C)(C)[C@H]1CNC(=O)[C@H]1C(=O)N1CCC(C#N)(c2ccccc2)CC1. The van der Waals surface area contributed by atoms with Crippen molar-refractivity contribution in [3.05, 3.63) is 35.9 Å². The third-order valence-electron chi connectivity index (χ3n) is 6.03. The minimum absolute atomic E-state index is 0.000672. The molecule has 0 aromatic heterocycles. The molecule has 2 atom stereocenters. The Bertz CT molecular complexity index is 722. The van der Waals surface area contributed by atoms with Gasteiger partial charge in [0.15, 0.2) is 0 Å². The number of rotatable bonds is 2. The van der Waals surface area contributed by atoms with E-state index in [0.29, 0.717) is 32.5 Å². The molecule has 5 nitrogen and oxygen atoms in total. The summed E-state index contributed by atoms with van der Waals surface area (Å²) >= 11 is 0. The van der Waals surface area contributed by atoms with Gasteiger partial charge in [0.05, 0.1) is 11.5 Å². The second-order valence-corrected chi connectivity index (χ2v) is 8.58. The van der Waals surface area contributed by atoms with Crippen LogP contribution in [0.15, 0.2) is 30.3 Å². The van der Waals surface area contributed by atoms with Crippen LogP contribution in [0.2, 0.25) is 0 Å². The molecule has 1 aromatic rings. The van der Waals surface area contributed by atoms with Crippen LogP contribution < -0.4 is 5.32 Å². The second kappa shape index (κ2) is 6.75. The maximum atomic E-state index is 13.1. The number of amides is 2. The molecule has 0 bridgehead atoms. The fourth-order valence-electron chi connectivity index (χ4n) is 4.24. The lowest BCUT2D eigenvalue weighted by atomic mass is 9.72. The molecule has 2 fully saturated rings. The third-order valence-corrected chi connectivity index (χ3v) is 6.03. The van der Waals surface area contributed by atoms with E-state index in [-0.39, 0.29) is 23.1 Å². The van der Waals surface area contributed by atoms with E-state index < -0.39 is 11.3 Å². The maximum absolute atomic E-state index is 13.1. The van der Waals surface area contributed by atoms with E-state index in [1.807, 2.05) is 30.3 Å². The van der Waals surface area contributed by atoms with Gasteiger partial charge in [-0.05, 0) is 23.8 Å². The smallest absolute Gasteiger partial charge is 0.235 e. The molecule has 2 amide bonds. The van der Waals surface area contributed by atoms with Crippen LogP contribution in [0.3, 0.4) is 0 Å². The van der Waals surface area contributed by atoms with Crippen LogP contribution in [0.1, 0.15) is 39.2 Å². The Kier molecular flexibility index (Phi) is 4.79. The minimum atomic E-state index is -0.610. The largest absolute Gasteiger partial charge is 0.355 e. The molecule has 1 N–H and O–H groups in total.